The first-order valence-electron chi connectivity index (χ1n) is 6.27. The quantitative estimate of drug-likeness (QED) is 0.899. The number of amides is 1. The Bertz CT molecular complexity index is 675. The van der Waals surface area contributed by atoms with Crippen LogP contribution in [-0.2, 0) is 11.3 Å². The van der Waals surface area contributed by atoms with E-state index in [-0.39, 0.29) is 24.1 Å². The fourth-order valence-corrected chi connectivity index (χ4v) is 2.75. The van der Waals surface area contributed by atoms with Gasteiger partial charge in [0.2, 0.25) is 5.91 Å². The largest absolute Gasteiger partial charge is 0.398 e. The van der Waals surface area contributed by atoms with Crippen molar-refractivity contribution in [3.63, 3.8) is 0 Å². The molecular weight excluding hydrogens is 274 g/mol. The molecule has 0 aliphatic heterocycles. The Kier molecular flexibility index (Phi) is 4.24. The van der Waals surface area contributed by atoms with Crippen LogP contribution in [-0.4, -0.2) is 10.5 Å². The van der Waals surface area contributed by atoms with Crippen LogP contribution in [0.25, 0.3) is 0 Å². The minimum atomic E-state index is -0.242. The summed E-state index contributed by atoms with van der Waals surface area (Å²) in [5.41, 5.74) is 5.82. The maximum Gasteiger partial charge on any atom is 0.251 e. The summed E-state index contributed by atoms with van der Waals surface area (Å²) in [6.45, 7) is 3.92. The average Bonchev–Trinajstić information content (AvgIpc) is 2.80. The number of nitrogens with one attached hydrogen (secondary N) is 1. The lowest BCUT2D eigenvalue weighted by atomic mass is 10.2. The van der Waals surface area contributed by atoms with Crippen LogP contribution in [0.3, 0.4) is 0 Å². The summed E-state index contributed by atoms with van der Waals surface area (Å²) >= 11 is 1.65. The molecule has 2 aromatic heterocycles. The molecule has 0 saturated carbocycles. The van der Waals surface area contributed by atoms with E-state index in [1.54, 1.807) is 11.3 Å². The third-order valence-corrected chi connectivity index (χ3v) is 4.07. The molecule has 106 valence electrons. The zero-order valence-corrected chi connectivity index (χ0v) is 12.2. The number of pyridine rings is 1. The summed E-state index contributed by atoms with van der Waals surface area (Å²) in [5.74, 6) is -0.212. The number of carbonyl (C=O) groups excluding carboxylic acids is 1. The van der Waals surface area contributed by atoms with Gasteiger partial charge in [-0.25, -0.2) is 0 Å². The minimum Gasteiger partial charge on any atom is -0.398 e. The van der Waals surface area contributed by atoms with Crippen molar-refractivity contribution in [3.05, 3.63) is 50.6 Å². The maximum absolute atomic E-state index is 12.0. The molecule has 1 unspecified atom stereocenters. The van der Waals surface area contributed by atoms with Gasteiger partial charge >= 0.3 is 0 Å². The summed E-state index contributed by atoms with van der Waals surface area (Å²) in [7, 11) is 0. The van der Waals surface area contributed by atoms with Crippen molar-refractivity contribution in [1.82, 2.24) is 9.88 Å². The van der Waals surface area contributed by atoms with Crippen LogP contribution in [0.4, 0.5) is 5.69 Å². The van der Waals surface area contributed by atoms with Gasteiger partial charge in [-0.3, -0.25) is 9.59 Å². The molecular formula is C14H17N3O2S. The Morgan fingerprint density at radius 2 is 2.15 bits per heavy atom. The van der Waals surface area contributed by atoms with Gasteiger partial charge in [-0.05, 0) is 32.0 Å². The van der Waals surface area contributed by atoms with Crippen LogP contribution in [0.2, 0.25) is 0 Å². The molecule has 2 rings (SSSR count). The molecule has 0 fully saturated rings. The highest BCUT2D eigenvalue weighted by Crippen LogP contribution is 2.22. The van der Waals surface area contributed by atoms with Gasteiger partial charge in [0.25, 0.3) is 5.56 Å². The number of thiophene rings is 1. The molecule has 0 spiro atoms. The Morgan fingerprint density at radius 3 is 2.80 bits per heavy atom. The number of hydrogen-bond donors (Lipinski definition) is 2. The van der Waals surface area contributed by atoms with Gasteiger partial charge < -0.3 is 15.6 Å². The van der Waals surface area contributed by atoms with Crippen molar-refractivity contribution in [2.45, 2.75) is 26.4 Å². The lowest BCUT2D eigenvalue weighted by Gasteiger charge is -2.13. The highest BCUT2D eigenvalue weighted by Gasteiger charge is 2.12. The third kappa shape index (κ3) is 3.48. The van der Waals surface area contributed by atoms with Gasteiger partial charge in [-0.2, -0.15) is 0 Å². The van der Waals surface area contributed by atoms with Gasteiger partial charge in [-0.1, -0.05) is 0 Å². The van der Waals surface area contributed by atoms with Crippen molar-refractivity contribution in [3.8, 4) is 0 Å². The molecule has 0 aromatic carbocycles. The molecule has 1 amide bonds. The van der Waals surface area contributed by atoms with Gasteiger partial charge in [0.05, 0.1) is 6.04 Å². The van der Waals surface area contributed by atoms with Crippen LogP contribution in [0.15, 0.2) is 35.3 Å². The van der Waals surface area contributed by atoms with E-state index in [1.807, 2.05) is 26.0 Å². The molecule has 0 aliphatic carbocycles. The van der Waals surface area contributed by atoms with Gasteiger partial charge in [0.1, 0.15) is 6.54 Å². The molecule has 1 atom stereocenters. The van der Waals surface area contributed by atoms with Crippen molar-refractivity contribution < 1.29 is 4.79 Å². The molecule has 0 aliphatic rings. The van der Waals surface area contributed by atoms with E-state index < -0.39 is 0 Å². The van der Waals surface area contributed by atoms with Crippen molar-refractivity contribution in [2.75, 3.05) is 5.73 Å². The number of nitrogens with two attached hydrogens (primary N) is 1. The van der Waals surface area contributed by atoms with Gasteiger partial charge in [-0.15, -0.1) is 11.3 Å². The highest BCUT2D eigenvalue weighted by atomic mass is 32.1. The number of carbonyl (C=O) groups is 1. The van der Waals surface area contributed by atoms with Crippen LogP contribution >= 0.6 is 11.3 Å². The van der Waals surface area contributed by atoms with E-state index in [0.717, 1.165) is 4.88 Å². The molecule has 0 radical (unpaired) electrons. The lowest BCUT2D eigenvalue weighted by molar-refractivity contribution is -0.122. The monoisotopic (exact) mass is 291 g/mol. The minimum absolute atomic E-state index is 0.0292. The number of rotatable bonds is 4. The van der Waals surface area contributed by atoms with Gasteiger partial charge in [0.15, 0.2) is 0 Å². The Labute approximate surface area is 121 Å². The van der Waals surface area contributed by atoms with E-state index in [2.05, 4.69) is 5.32 Å². The van der Waals surface area contributed by atoms with Crippen LogP contribution in [0.1, 0.15) is 22.7 Å². The summed E-state index contributed by atoms with van der Waals surface area (Å²) in [5, 5.41) is 2.88. The first-order valence-corrected chi connectivity index (χ1v) is 7.09. The van der Waals surface area contributed by atoms with E-state index in [0.29, 0.717) is 5.69 Å². The second kappa shape index (κ2) is 5.92. The molecule has 2 heterocycles. The third-order valence-electron chi connectivity index (χ3n) is 2.89. The zero-order chi connectivity index (χ0) is 14.7. The fourth-order valence-electron chi connectivity index (χ4n) is 1.87. The van der Waals surface area contributed by atoms with Crippen LogP contribution < -0.4 is 16.6 Å². The number of aromatic nitrogens is 1. The average molecular weight is 291 g/mol. The molecule has 5 nitrogen and oxygen atoms in total. The fraction of sp³-hybridized carbons (Fsp3) is 0.286. The van der Waals surface area contributed by atoms with Crippen molar-refractivity contribution in [2.24, 2.45) is 0 Å². The molecule has 0 bridgehead atoms. The zero-order valence-electron chi connectivity index (χ0n) is 11.4. The number of hydrogen-bond acceptors (Lipinski definition) is 4. The second-order valence-electron chi connectivity index (χ2n) is 4.67. The highest BCUT2D eigenvalue weighted by molar-refractivity contribution is 7.12. The summed E-state index contributed by atoms with van der Waals surface area (Å²) in [6, 6.07) is 6.82. The summed E-state index contributed by atoms with van der Waals surface area (Å²) in [6.07, 6.45) is 1.47. The van der Waals surface area contributed by atoms with Crippen LogP contribution in [0.5, 0.6) is 0 Å². The second-order valence-corrected chi connectivity index (χ2v) is 5.99. The van der Waals surface area contributed by atoms with Crippen molar-refractivity contribution in [1.29, 1.82) is 0 Å². The smallest absolute Gasteiger partial charge is 0.251 e. The van der Waals surface area contributed by atoms with E-state index in [1.165, 1.54) is 27.8 Å². The lowest BCUT2D eigenvalue weighted by Crippen LogP contribution is -2.33. The Balaban J connectivity index is 2.02. The predicted octanol–water partition coefficient (Wildman–Crippen LogP) is 1.68. The molecule has 0 saturated heterocycles. The summed E-state index contributed by atoms with van der Waals surface area (Å²) < 4.78 is 1.30. The topological polar surface area (TPSA) is 77.1 Å². The van der Waals surface area contributed by atoms with E-state index in [4.69, 9.17) is 5.73 Å². The number of anilines is 1. The summed E-state index contributed by atoms with van der Waals surface area (Å²) in [4.78, 5) is 25.9. The first kappa shape index (κ1) is 14.3. The normalized spacial score (nSPS) is 12.1. The molecule has 2 aromatic rings. The van der Waals surface area contributed by atoms with E-state index in [9.17, 15) is 9.59 Å². The number of nitrogen functional groups attached to an aromatic ring is 1. The maximum atomic E-state index is 12.0. The number of aryl methyl sites for hydroxylation is 1. The number of nitrogens with zero attached hydrogens (tertiary/aromatic N) is 1. The van der Waals surface area contributed by atoms with E-state index >= 15 is 0 Å². The van der Waals surface area contributed by atoms with Crippen LogP contribution in [0, 0.1) is 6.92 Å². The predicted molar refractivity (Wildman–Crippen MR) is 80.7 cm³/mol. The van der Waals surface area contributed by atoms with Gasteiger partial charge in [0, 0.05) is 27.7 Å². The molecule has 20 heavy (non-hydrogen) atoms. The first-order chi connectivity index (χ1) is 9.45. The standard InChI is InChI=1S/C14H17N3O2S/c1-9-3-5-12(20-9)10(2)16-13(18)8-17-7-11(15)4-6-14(17)19/h3-7,10H,8,15H2,1-2H3,(H,16,18). The molecule has 6 heteroatoms. The SMILES string of the molecule is Cc1ccc(C(C)NC(=O)Cn2cc(N)ccc2=O)s1. The molecule has 3 N–H and O–H groups in total. The van der Waals surface area contributed by atoms with Crippen molar-refractivity contribution >= 4 is 22.9 Å². The Morgan fingerprint density at radius 1 is 1.40 bits per heavy atom. The Hall–Kier alpha value is -2.08.